The highest BCUT2D eigenvalue weighted by molar-refractivity contribution is 7.19. The van der Waals surface area contributed by atoms with E-state index in [9.17, 15) is 18.0 Å². The van der Waals surface area contributed by atoms with Crippen molar-refractivity contribution in [1.29, 1.82) is 0 Å². The quantitative estimate of drug-likeness (QED) is 0.535. The molecule has 2 aromatic carbocycles. The topological polar surface area (TPSA) is 46.4 Å². The van der Waals surface area contributed by atoms with Gasteiger partial charge in [-0.3, -0.25) is 9.20 Å². The van der Waals surface area contributed by atoms with Gasteiger partial charge in [-0.05, 0) is 43.3 Å². The summed E-state index contributed by atoms with van der Waals surface area (Å²) in [6, 6.07) is 9.29. The molecule has 136 valence electrons. The fraction of sp³-hybridized carbons (Fsp3) is 0.0526. The number of imidazole rings is 1. The maximum absolute atomic E-state index is 13.7. The molecule has 0 aliphatic rings. The fourth-order valence-corrected chi connectivity index (χ4v) is 3.71. The second-order valence-electron chi connectivity index (χ2n) is 5.85. The lowest BCUT2D eigenvalue weighted by Gasteiger charge is -2.06. The number of para-hydroxylation sites is 1. The number of halogens is 3. The Morgan fingerprint density at radius 1 is 1.07 bits per heavy atom. The first-order chi connectivity index (χ1) is 12.9. The summed E-state index contributed by atoms with van der Waals surface area (Å²) in [5.74, 6) is -2.65. The maximum atomic E-state index is 13.7. The highest BCUT2D eigenvalue weighted by Crippen LogP contribution is 2.28. The number of aromatic nitrogens is 2. The van der Waals surface area contributed by atoms with E-state index >= 15 is 0 Å². The molecule has 0 radical (unpaired) electrons. The van der Waals surface area contributed by atoms with E-state index in [1.54, 1.807) is 29.7 Å². The first kappa shape index (κ1) is 17.3. The molecule has 2 heterocycles. The van der Waals surface area contributed by atoms with Crippen molar-refractivity contribution in [3.8, 4) is 11.3 Å². The summed E-state index contributed by atoms with van der Waals surface area (Å²) in [7, 11) is 0. The average molecular weight is 387 g/mol. The highest BCUT2D eigenvalue weighted by Gasteiger charge is 2.20. The number of benzene rings is 2. The van der Waals surface area contributed by atoms with Crippen LogP contribution in [0.2, 0.25) is 0 Å². The molecule has 0 fully saturated rings. The Bertz CT molecular complexity index is 1140. The van der Waals surface area contributed by atoms with Crippen LogP contribution >= 0.6 is 11.3 Å². The third-order valence-corrected chi connectivity index (χ3v) is 5.26. The van der Waals surface area contributed by atoms with Gasteiger partial charge in [0.2, 0.25) is 0 Å². The molecule has 1 N–H and O–H groups in total. The molecule has 4 rings (SSSR count). The van der Waals surface area contributed by atoms with Crippen LogP contribution < -0.4 is 5.32 Å². The van der Waals surface area contributed by atoms with Crippen molar-refractivity contribution < 1.29 is 18.0 Å². The van der Waals surface area contributed by atoms with Gasteiger partial charge in [0.05, 0.1) is 5.69 Å². The summed E-state index contributed by atoms with van der Waals surface area (Å²) in [6.45, 7) is 1.71. The van der Waals surface area contributed by atoms with Crippen molar-refractivity contribution in [2.45, 2.75) is 6.92 Å². The van der Waals surface area contributed by atoms with Crippen LogP contribution in [0.4, 0.5) is 18.9 Å². The minimum atomic E-state index is -0.846. The van der Waals surface area contributed by atoms with Crippen molar-refractivity contribution in [2.75, 3.05) is 5.32 Å². The number of anilines is 1. The SMILES string of the molecule is Cc1c(C(=O)Nc2c(F)cccc2F)sc2nc(-c3ccc(F)cc3)cn12. The van der Waals surface area contributed by atoms with Crippen LogP contribution in [0.3, 0.4) is 0 Å². The fourth-order valence-electron chi connectivity index (χ4n) is 2.71. The van der Waals surface area contributed by atoms with Gasteiger partial charge in [-0.2, -0.15) is 0 Å². The van der Waals surface area contributed by atoms with Crippen LogP contribution in [0.15, 0.2) is 48.7 Å². The second-order valence-corrected chi connectivity index (χ2v) is 6.83. The summed E-state index contributed by atoms with van der Waals surface area (Å²) in [4.78, 5) is 17.8. The summed E-state index contributed by atoms with van der Waals surface area (Å²) >= 11 is 1.10. The molecular formula is C19H12F3N3OS. The largest absolute Gasteiger partial charge is 0.316 e. The van der Waals surface area contributed by atoms with E-state index in [1.807, 2.05) is 0 Å². The highest BCUT2D eigenvalue weighted by atomic mass is 32.1. The second kappa shape index (κ2) is 6.55. The predicted molar refractivity (Wildman–Crippen MR) is 97.5 cm³/mol. The van der Waals surface area contributed by atoms with Gasteiger partial charge in [-0.15, -0.1) is 0 Å². The van der Waals surface area contributed by atoms with Gasteiger partial charge in [0.25, 0.3) is 5.91 Å². The Hall–Kier alpha value is -3.13. The Balaban J connectivity index is 1.67. The van der Waals surface area contributed by atoms with Crippen LogP contribution in [0.25, 0.3) is 16.2 Å². The molecule has 0 saturated heterocycles. The van der Waals surface area contributed by atoms with Gasteiger partial charge in [0.1, 0.15) is 28.0 Å². The van der Waals surface area contributed by atoms with Crippen molar-refractivity contribution in [3.05, 3.63) is 76.7 Å². The summed E-state index contributed by atoms with van der Waals surface area (Å²) in [5.41, 5.74) is 1.48. The number of nitrogens with zero attached hydrogens (tertiary/aromatic N) is 2. The molecule has 0 aliphatic carbocycles. The monoisotopic (exact) mass is 387 g/mol. The number of thiazole rings is 1. The van der Waals surface area contributed by atoms with Crippen molar-refractivity contribution in [1.82, 2.24) is 9.38 Å². The van der Waals surface area contributed by atoms with E-state index in [2.05, 4.69) is 10.3 Å². The number of fused-ring (bicyclic) bond motifs is 1. The molecule has 0 atom stereocenters. The number of nitrogens with one attached hydrogen (secondary N) is 1. The van der Waals surface area contributed by atoms with Gasteiger partial charge < -0.3 is 5.32 Å². The average Bonchev–Trinajstić information content (AvgIpc) is 3.18. The molecule has 27 heavy (non-hydrogen) atoms. The standard InChI is InChI=1S/C19H12F3N3OS/c1-10-17(18(26)24-16-13(21)3-2-4-14(16)22)27-19-23-15(9-25(10)19)11-5-7-12(20)8-6-11/h2-9H,1H3,(H,24,26). The van der Waals surface area contributed by atoms with Crippen LogP contribution in [0.5, 0.6) is 0 Å². The molecular weight excluding hydrogens is 375 g/mol. The molecule has 0 bridgehead atoms. The summed E-state index contributed by atoms with van der Waals surface area (Å²) in [5, 5.41) is 2.28. The first-order valence-corrected chi connectivity index (χ1v) is 8.75. The Labute approximate surface area is 155 Å². The first-order valence-electron chi connectivity index (χ1n) is 7.94. The van der Waals surface area contributed by atoms with Crippen LogP contribution in [-0.4, -0.2) is 15.3 Å². The van der Waals surface area contributed by atoms with Gasteiger partial charge in [0, 0.05) is 17.5 Å². The lowest BCUT2D eigenvalue weighted by Crippen LogP contribution is -2.14. The third kappa shape index (κ3) is 3.08. The van der Waals surface area contributed by atoms with E-state index < -0.39 is 23.2 Å². The van der Waals surface area contributed by atoms with Crippen LogP contribution in [0.1, 0.15) is 15.4 Å². The van der Waals surface area contributed by atoms with E-state index in [0.717, 1.165) is 29.0 Å². The van der Waals surface area contributed by atoms with Crippen molar-refractivity contribution in [2.24, 2.45) is 0 Å². The molecule has 2 aromatic heterocycles. The minimum Gasteiger partial charge on any atom is -0.316 e. The molecule has 0 spiro atoms. The van der Waals surface area contributed by atoms with Gasteiger partial charge in [-0.25, -0.2) is 18.2 Å². The predicted octanol–water partition coefficient (Wildman–Crippen LogP) is 5.04. The zero-order valence-corrected chi connectivity index (χ0v) is 14.8. The minimum absolute atomic E-state index is 0.297. The normalized spacial score (nSPS) is 11.1. The molecule has 1 amide bonds. The number of amides is 1. The molecule has 4 nitrogen and oxygen atoms in total. The van der Waals surface area contributed by atoms with E-state index in [1.165, 1.54) is 18.2 Å². The lowest BCUT2D eigenvalue weighted by atomic mass is 10.2. The Kier molecular flexibility index (Phi) is 4.19. The van der Waals surface area contributed by atoms with Gasteiger partial charge >= 0.3 is 0 Å². The van der Waals surface area contributed by atoms with Crippen LogP contribution in [-0.2, 0) is 0 Å². The third-order valence-electron chi connectivity index (χ3n) is 4.10. The number of hydrogen-bond acceptors (Lipinski definition) is 3. The number of rotatable bonds is 3. The molecule has 0 unspecified atom stereocenters. The lowest BCUT2D eigenvalue weighted by molar-refractivity contribution is 0.102. The molecule has 4 aromatic rings. The van der Waals surface area contributed by atoms with Gasteiger partial charge in [-0.1, -0.05) is 17.4 Å². The summed E-state index contributed by atoms with van der Waals surface area (Å²) in [6.07, 6.45) is 1.73. The Morgan fingerprint density at radius 2 is 1.74 bits per heavy atom. The van der Waals surface area contributed by atoms with E-state index in [0.29, 0.717) is 21.2 Å². The van der Waals surface area contributed by atoms with Crippen molar-refractivity contribution in [3.63, 3.8) is 0 Å². The molecule has 8 heteroatoms. The Morgan fingerprint density at radius 3 is 2.37 bits per heavy atom. The number of aryl methyl sites for hydroxylation is 1. The summed E-state index contributed by atoms with van der Waals surface area (Å²) < 4.78 is 42.3. The van der Waals surface area contributed by atoms with E-state index in [4.69, 9.17) is 0 Å². The zero-order chi connectivity index (χ0) is 19.1. The maximum Gasteiger partial charge on any atom is 0.267 e. The van der Waals surface area contributed by atoms with E-state index in [-0.39, 0.29) is 5.82 Å². The number of carbonyl (C=O) groups excluding carboxylic acids is 1. The molecule has 0 saturated carbocycles. The van der Waals surface area contributed by atoms with Gasteiger partial charge in [0.15, 0.2) is 4.96 Å². The van der Waals surface area contributed by atoms with Crippen molar-refractivity contribution >= 4 is 27.9 Å². The zero-order valence-electron chi connectivity index (χ0n) is 14.0. The van der Waals surface area contributed by atoms with Crippen LogP contribution in [0, 0.1) is 24.4 Å². The number of carbonyl (C=O) groups is 1. The number of hydrogen-bond donors (Lipinski definition) is 1. The smallest absolute Gasteiger partial charge is 0.267 e. The molecule has 0 aliphatic heterocycles.